The number of methoxy groups -OCH3 is 1. The Kier molecular flexibility index (Phi) is 2.73. The predicted octanol–water partition coefficient (Wildman–Crippen LogP) is 1.25. The van der Waals surface area contributed by atoms with E-state index >= 15 is 0 Å². The van der Waals surface area contributed by atoms with Gasteiger partial charge in [0, 0.05) is 12.7 Å². The van der Waals surface area contributed by atoms with Crippen molar-refractivity contribution in [3.05, 3.63) is 29.8 Å². The number of hydrogen-bond acceptors (Lipinski definition) is 4. The first kappa shape index (κ1) is 9.79. The molecule has 0 saturated carbocycles. The van der Waals surface area contributed by atoms with E-state index in [1.54, 1.807) is 7.11 Å². The third-order valence-electron chi connectivity index (χ3n) is 2.01. The minimum absolute atomic E-state index is 0.318. The summed E-state index contributed by atoms with van der Waals surface area (Å²) in [4.78, 5) is 1.41. The molecule has 1 aromatic heterocycles. The van der Waals surface area contributed by atoms with Crippen molar-refractivity contribution in [3.63, 3.8) is 0 Å². The molecular formula is C10H12N4O. The summed E-state index contributed by atoms with van der Waals surface area (Å²) in [5.74, 6) is 0.618. The molecule has 0 spiro atoms. The van der Waals surface area contributed by atoms with Crippen LogP contribution in [0.25, 0.3) is 11.4 Å². The van der Waals surface area contributed by atoms with Crippen LogP contribution in [-0.2, 0) is 11.5 Å². The molecule has 0 aliphatic heterocycles. The fourth-order valence-corrected chi connectivity index (χ4v) is 1.23. The average molecular weight is 204 g/mol. The van der Waals surface area contributed by atoms with Crippen LogP contribution in [0, 0.1) is 6.92 Å². The van der Waals surface area contributed by atoms with Crippen molar-refractivity contribution in [2.75, 3.05) is 7.11 Å². The Hall–Kier alpha value is -1.75. The van der Waals surface area contributed by atoms with Crippen molar-refractivity contribution >= 4 is 0 Å². The SMILES string of the molecule is COCn1nnc(-c2ccc(C)cc2)n1. The van der Waals surface area contributed by atoms with Crippen LogP contribution in [0.2, 0.25) is 0 Å². The quantitative estimate of drug-likeness (QED) is 0.755. The normalized spacial score (nSPS) is 10.5. The third kappa shape index (κ3) is 2.19. The lowest BCUT2D eigenvalue weighted by atomic mass is 10.1. The summed E-state index contributed by atoms with van der Waals surface area (Å²) in [5.41, 5.74) is 2.17. The average Bonchev–Trinajstić information content (AvgIpc) is 2.68. The summed E-state index contributed by atoms with van der Waals surface area (Å²) in [5, 5.41) is 12.0. The highest BCUT2D eigenvalue weighted by Crippen LogP contribution is 2.13. The van der Waals surface area contributed by atoms with Gasteiger partial charge in [0.25, 0.3) is 0 Å². The van der Waals surface area contributed by atoms with E-state index in [1.807, 2.05) is 31.2 Å². The number of rotatable bonds is 3. The third-order valence-corrected chi connectivity index (χ3v) is 2.01. The first-order chi connectivity index (χ1) is 7.29. The summed E-state index contributed by atoms with van der Waals surface area (Å²) >= 11 is 0. The standard InChI is InChI=1S/C10H12N4O/c1-8-3-5-9(6-4-8)10-11-13-14(12-10)7-15-2/h3-6H,7H2,1-2H3. The number of nitrogens with zero attached hydrogens (tertiary/aromatic N) is 4. The van der Waals surface area contributed by atoms with Gasteiger partial charge in [-0.2, -0.15) is 0 Å². The van der Waals surface area contributed by atoms with Crippen LogP contribution in [0.4, 0.5) is 0 Å². The van der Waals surface area contributed by atoms with E-state index in [1.165, 1.54) is 10.4 Å². The first-order valence-electron chi connectivity index (χ1n) is 4.63. The Labute approximate surface area is 87.7 Å². The number of benzene rings is 1. The summed E-state index contributed by atoms with van der Waals surface area (Å²) in [6.45, 7) is 2.36. The molecule has 0 N–H and O–H groups in total. The van der Waals surface area contributed by atoms with E-state index < -0.39 is 0 Å². The maximum Gasteiger partial charge on any atom is 0.205 e. The van der Waals surface area contributed by atoms with Crippen molar-refractivity contribution in [2.24, 2.45) is 0 Å². The summed E-state index contributed by atoms with van der Waals surface area (Å²) < 4.78 is 4.89. The monoisotopic (exact) mass is 204 g/mol. The largest absolute Gasteiger partial charge is 0.361 e. The van der Waals surface area contributed by atoms with Crippen LogP contribution in [0.5, 0.6) is 0 Å². The van der Waals surface area contributed by atoms with Gasteiger partial charge in [-0.1, -0.05) is 29.8 Å². The molecule has 1 aromatic carbocycles. The summed E-state index contributed by atoms with van der Waals surface area (Å²) in [6.07, 6.45) is 0. The van der Waals surface area contributed by atoms with Crippen LogP contribution in [0.15, 0.2) is 24.3 Å². The zero-order chi connectivity index (χ0) is 10.7. The van der Waals surface area contributed by atoms with Gasteiger partial charge >= 0.3 is 0 Å². The van der Waals surface area contributed by atoms with Crippen LogP contribution in [-0.4, -0.2) is 27.3 Å². The number of aromatic nitrogens is 4. The topological polar surface area (TPSA) is 52.8 Å². The summed E-state index contributed by atoms with van der Waals surface area (Å²) in [6, 6.07) is 7.99. The van der Waals surface area contributed by atoms with Gasteiger partial charge < -0.3 is 4.74 Å². The van der Waals surface area contributed by atoms with Gasteiger partial charge in [-0.25, -0.2) is 0 Å². The van der Waals surface area contributed by atoms with Gasteiger partial charge in [0.05, 0.1) is 0 Å². The van der Waals surface area contributed by atoms with Crippen molar-refractivity contribution in [1.82, 2.24) is 20.2 Å². The molecule has 2 aromatic rings. The van der Waals surface area contributed by atoms with Crippen LogP contribution < -0.4 is 0 Å². The van der Waals surface area contributed by atoms with Gasteiger partial charge in [-0.05, 0) is 12.1 Å². The minimum atomic E-state index is 0.318. The lowest BCUT2D eigenvalue weighted by molar-refractivity contribution is 0.107. The number of aryl methyl sites for hydroxylation is 1. The van der Waals surface area contributed by atoms with E-state index in [2.05, 4.69) is 15.4 Å². The molecule has 0 aliphatic carbocycles. The second-order valence-electron chi connectivity index (χ2n) is 3.27. The second kappa shape index (κ2) is 4.18. The molecule has 78 valence electrons. The molecular weight excluding hydrogens is 192 g/mol. The smallest absolute Gasteiger partial charge is 0.205 e. The van der Waals surface area contributed by atoms with Crippen molar-refractivity contribution in [2.45, 2.75) is 13.7 Å². The minimum Gasteiger partial charge on any atom is -0.361 e. The zero-order valence-electron chi connectivity index (χ0n) is 8.71. The highest BCUT2D eigenvalue weighted by Gasteiger charge is 2.04. The van der Waals surface area contributed by atoms with E-state index in [4.69, 9.17) is 4.74 Å². The number of ether oxygens (including phenoxy) is 1. The van der Waals surface area contributed by atoms with Crippen LogP contribution in [0.1, 0.15) is 5.56 Å². The highest BCUT2D eigenvalue weighted by molar-refractivity contribution is 5.53. The first-order valence-corrected chi connectivity index (χ1v) is 4.63. The predicted molar refractivity (Wildman–Crippen MR) is 55.0 cm³/mol. The van der Waals surface area contributed by atoms with Gasteiger partial charge in [0.2, 0.25) is 5.82 Å². The molecule has 0 aliphatic rings. The number of tetrazole rings is 1. The molecule has 5 heteroatoms. The lowest BCUT2D eigenvalue weighted by Gasteiger charge is -1.95. The molecule has 0 bridgehead atoms. The fraction of sp³-hybridized carbons (Fsp3) is 0.300. The number of hydrogen-bond donors (Lipinski definition) is 0. The van der Waals surface area contributed by atoms with Crippen molar-refractivity contribution < 1.29 is 4.74 Å². The fourth-order valence-electron chi connectivity index (χ4n) is 1.23. The van der Waals surface area contributed by atoms with E-state index in [9.17, 15) is 0 Å². The molecule has 0 atom stereocenters. The Morgan fingerprint density at radius 2 is 2.00 bits per heavy atom. The molecule has 5 nitrogen and oxygen atoms in total. The van der Waals surface area contributed by atoms with E-state index in [-0.39, 0.29) is 0 Å². The lowest BCUT2D eigenvalue weighted by Crippen LogP contribution is -2.03. The van der Waals surface area contributed by atoms with Gasteiger partial charge in [-0.15, -0.1) is 15.0 Å². The molecule has 0 saturated heterocycles. The highest BCUT2D eigenvalue weighted by atomic mass is 16.5. The molecule has 2 rings (SSSR count). The molecule has 0 amide bonds. The Bertz CT molecular complexity index is 435. The summed E-state index contributed by atoms with van der Waals surface area (Å²) in [7, 11) is 1.59. The Morgan fingerprint density at radius 1 is 1.27 bits per heavy atom. The van der Waals surface area contributed by atoms with Gasteiger partial charge in [-0.3, -0.25) is 0 Å². The van der Waals surface area contributed by atoms with E-state index in [0.29, 0.717) is 12.6 Å². The molecule has 0 unspecified atom stereocenters. The van der Waals surface area contributed by atoms with Gasteiger partial charge in [0.15, 0.2) is 6.73 Å². The van der Waals surface area contributed by atoms with Crippen LogP contribution in [0.3, 0.4) is 0 Å². The molecule has 1 heterocycles. The van der Waals surface area contributed by atoms with Crippen molar-refractivity contribution in [1.29, 1.82) is 0 Å². The van der Waals surface area contributed by atoms with Crippen LogP contribution >= 0.6 is 0 Å². The Balaban J connectivity index is 2.25. The Morgan fingerprint density at radius 3 is 2.67 bits per heavy atom. The molecule has 0 radical (unpaired) electrons. The van der Waals surface area contributed by atoms with Crippen molar-refractivity contribution in [3.8, 4) is 11.4 Å². The maximum absolute atomic E-state index is 4.89. The second-order valence-corrected chi connectivity index (χ2v) is 3.27. The maximum atomic E-state index is 4.89. The molecule has 0 fully saturated rings. The molecule has 15 heavy (non-hydrogen) atoms. The van der Waals surface area contributed by atoms with Gasteiger partial charge in [0.1, 0.15) is 0 Å². The van der Waals surface area contributed by atoms with E-state index in [0.717, 1.165) is 5.56 Å². The zero-order valence-corrected chi connectivity index (χ0v) is 8.71.